The van der Waals surface area contributed by atoms with Gasteiger partial charge in [0.25, 0.3) is 0 Å². The van der Waals surface area contributed by atoms with E-state index in [9.17, 15) is 8.78 Å². The van der Waals surface area contributed by atoms with E-state index < -0.39 is 11.6 Å². The number of hydrogen-bond acceptors (Lipinski definition) is 2. The third-order valence-electron chi connectivity index (χ3n) is 3.75. The lowest BCUT2D eigenvalue weighted by molar-refractivity contribution is 0.503. The third kappa shape index (κ3) is 4.18. The van der Waals surface area contributed by atoms with E-state index >= 15 is 0 Å². The average Bonchev–Trinajstić information content (AvgIpc) is 2.44. The molecule has 0 saturated heterocycles. The van der Waals surface area contributed by atoms with Gasteiger partial charge in [0.05, 0.1) is 0 Å². The van der Waals surface area contributed by atoms with Crippen LogP contribution in [-0.2, 0) is 0 Å². The molecular weight excluding hydrogens is 264 g/mol. The van der Waals surface area contributed by atoms with Crippen LogP contribution in [0.15, 0.2) is 18.2 Å². The zero-order chi connectivity index (χ0) is 13.7. The number of halogens is 2. The molecule has 1 unspecified atom stereocenters. The summed E-state index contributed by atoms with van der Waals surface area (Å²) in [6, 6.07) is 4.26. The van der Waals surface area contributed by atoms with Gasteiger partial charge >= 0.3 is 0 Å². The first kappa shape index (κ1) is 14.8. The molecule has 1 N–H and O–H groups in total. The molecule has 1 nitrogen and oxygen atoms in total. The highest BCUT2D eigenvalue weighted by molar-refractivity contribution is 7.99. The molecule has 19 heavy (non-hydrogen) atoms. The Labute approximate surface area is 118 Å². The SMILES string of the molecule is CNC(CSC1CCCCC1)c1ccc(F)c(F)c1. The van der Waals surface area contributed by atoms with Gasteiger partial charge in [-0.1, -0.05) is 25.3 Å². The van der Waals surface area contributed by atoms with Crippen molar-refractivity contribution in [3.05, 3.63) is 35.4 Å². The third-order valence-corrected chi connectivity index (χ3v) is 5.21. The molecule has 1 aromatic carbocycles. The maximum atomic E-state index is 13.3. The summed E-state index contributed by atoms with van der Waals surface area (Å²) in [6.07, 6.45) is 6.59. The molecule has 2 rings (SSSR count). The van der Waals surface area contributed by atoms with Crippen LogP contribution >= 0.6 is 11.8 Å². The second-order valence-corrected chi connectivity index (χ2v) is 6.44. The molecule has 1 aliphatic rings. The largest absolute Gasteiger partial charge is 0.312 e. The van der Waals surface area contributed by atoms with Gasteiger partial charge < -0.3 is 5.32 Å². The summed E-state index contributed by atoms with van der Waals surface area (Å²) in [5, 5.41) is 3.93. The molecule has 0 aliphatic heterocycles. The average molecular weight is 285 g/mol. The van der Waals surface area contributed by atoms with E-state index in [4.69, 9.17) is 0 Å². The van der Waals surface area contributed by atoms with Gasteiger partial charge in [0.1, 0.15) is 0 Å². The van der Waals surface area contributed by atoms with Gasteiger partial charge in [-0.05, 0) is 37.6 Å². The normalized spacial score (nSPS) is 18.5. The Morgan fingerprint density at radius 3 is 2.58 bits per heavy atom. The van der Waals surface area contributed by atoms with Crippen molar-refractivity contribution >= 4 is 11.8 Å². The van der Waals surface area contributed by atoms with E-state index in [1.807, 2.05) is 18.8 Å². The van der Waals surface area contributed by atoms with Gasteiger partial charge in [-0.25, -0.2) is 8.78 Å². The van der Waals surface area contributed by atoms with Crippen LogP contribution < -0.4 is 5.32 Å². The number of rotatable bonds is 5. The highest BCUT2D eigenvalue weighted by atomic mass is 32.2. The Morgan fingerprint density at radius 2 is 1.95 bits per heavy atom. The van der Waals surface area contributed by atoms with Gasteiger partial charge in [-0.2, -0.15) is 11.8 Å². The summed E-state index contributed by atoms with van der Waals surface area (Å²) in [4.78, 5) is 0. The van der Waals surface area contributed by atoms with Crippen molar-refractivity contribution in [1.29, 1.82) is 0 Å². The molecule has 1 atom stereocenters. The van der Waals surface area contributed by atoms with Crippen molar-refractivity contribution in [3.63, 3.8) is 0 Å². The second-order valence-electron chi connectivity index (χ2n) is 5.11. The Morgan fingerprint density at radius 1 is 1.21 bits per heavy atom. The molecule has 1 fully saturated rings. The molecular formula is C15H21F2NS. The standard InChI is InChI=1S/C15H21F2NS/c1-18-15(10-19-12-5-3-2-4-6-12)11-7-8-13(16)14(17)9-11/h7-9,12,15,18H,2-6,10H2,1H3. The topological polar surface area (TPSA) is 12.0 Å². The van der Waals surface area contributed by atoms with E-state index in [2.05, 4.69) is 5.32 Å². The van der Waals surface area contributed by atoms with Crippen LogP contribution in [-0.4, -0.2) is 18.1 Å². The second kappa shape index (κ2) is 7.25. The number of benzene rings is 1. The predicted octanol–water partition coefficient (Wildman–Crippen LogP) is 4.29. The molecule has 106 valence electrons. The summed E-state index contributed by atoms with van der Waals surface area (Å²) >= 11 is 1.96. The minimum Gasteiger partial charge on any atom is -0.312 e. The fourth-order valence-electron chi connectivity index (χ4n) is 2.54. The van der Waals surface area contributed by atoms with E-state index in [0.29, 0.717) is 0 Å². The minimum absolute atomic E-state index is 0.0852. The van der Waals surface area contributed by atoms with Crippen LogP contribution in [0.4, 0.5) is 8.78 Å². The molecule has 0 bridgehead atoms. The molecule has 1 saturated carbocycles. The summed E-state index contributed by atoms with van der Waals surface area (Å²) < 4.78 is 26.2. The van der Waals surface area contributed by atoms with Crippen LogP contribution in [0.3, 0.4) is 0 Å². The lowest BCUT2D eigenvalue weighted by Crippen LogP contribution is -2.21. The fourth-order valence-corrected chi connectivity index (χ4v) is 4.03. The zero-order valence-electron chi connectivity index (χ0n) is 11.3. The molecule has 1 aliphatic carbocycles. The Kier molecular flexibility index (Phi) is 5.64. The number of nitrogens with one attached hydrogen (secondary N) is 1. The minimum atomic E-state index is -0.779. The molecule has 1 aromatic rings. The van der Waals surface area contributed by atoms with Crippen molar-refractivity contribution < 1.29 is 8.78 Å². The Bertz CT molecular complexity index is 405. The van der Waals surface area contributed by atoms with E-state index in [1.54, 1.807) is 6.07 Å². The van der Waals surface area contributed by atoms with Crippen molar-refractivity contribution in [2.45, 2.75) is 43.4 Å². The van der Waals surface area contributed by atoms with E-state index in [1.165, 1.54) is 44.2 Å². The van der Waals surface area contributed by atoms with Gasteiger partial charge in [0, 0.05) is 17.0 Å². The zero-order valence-corrected chi connectivity index (χ0v) is 12.1. The number of thioether (sulfide) groups is 1. The molecule has 0 amide bonds. The molecule has 4 heteroatoms. The van der Waals surface area contributed by atoms with E-state index in [0.717, 1.165) is 16.6 Å². The first-order valence-electron chi connectivity index (χ1n) is 6.94. The van der Waals surface area contributed by atoms with Gasteiger partial charge in [-0.15, -0.1) is 0 Å². The monoisotopic (exact) mass is 285 g/mol. The maximum Gasteiger partial charge on any atom is 0.159 e. The molecule has 0 spiro atoms. The molecule has 0 aromatic heterocycles. The maximum absolute atomic E-state index is 13.3. The van der Waals surface area contributed by atoms with Crippen LogP contribution in [0.5, 0.6) is 0 Å². The summed E-state index contributed by atoms with van der Waals surface area (Å²) in [6.45, 7) is 0. The smallest absolute Gasteiger partial charge is 0.159 e. The Balaban J connectivity index is 1.93. The fraction of sp³-hybridized carbons (Fsp3) is 0.600. The highest BCUT2D eigenvalue weighted by Crippen LogP contribution is 2.31. The van der Waals surface area contributed by atoms with Gasteiger partial charge in [0.2, 0.25) is 0 Å². The van der Waals surface area contributed by atoms with Crippen LogP contribution in [0, 0.1) is 11.6 Å². The van der Waals surface area contributed by atoms with Crippen molar-refractivity contribution in [2.75, 3.05) is 12.8 Å². The highest BCUT2D eigenvalue weighted by Gasteiger charge is 2.17. The van der Waals surface area contributed by atoms with Crippen LogP contribution in [0.1, 0.15) is 43.7 Å². The van der Waals surface area contributed by atoms with Crippen molar-refractivity contribution in [3.8, 4) is 0 Å². The molecule has 0 radical (unpaired) electrons. The van der Waals surface area contributed by atoms with Crippen LogP contribution in [0.25, 0.3) is 0 Å². The lowest BCUT2D eigenvalue weighted by Gasteiger charge is -2.24. The quantitative estimate of drug-likeness (QED) is 0.866. The summed E-state index contributed by atoms with van der Waals surface area (Å²) in [5.41, 5.74) is 0.824. The summed E-state index contributed by atoms with van der Waals surface area (Å²) in [5.74, 6) is -0.634. The summed E-state index contributed by atoms with van der Waals surface area (Å²) in [7, 11) is 1.87. The molecule has 0 heterocycles. The number of hydrogen-bond donors (Lipinski definition) is 1. The first-order valence-corrected chi connectivity index (χ1v) is 7.99. The van der Waals surface area contributed by atoms with Crippen LogP contribution in [0.2, 0.25) is 0 Å². The van der Waals surface area contributed by atoms with Gasteiger partial charge in [-0.3, -0.25) is 0 Å². The lowest BCUT2D eigenvalue weighted by atomic mass is 10.0. The predicted molar refractivity (Wildman–Crippen MR) is 77.5 cm³/mol. The van der Waals surface area contributed by atoms with Gasteiger partial charge in [0.15, 0.2) is 11.6 Å². The van der Waals surface area contributed by atoms with Crippen molar-refractivity contribution in [1.82, 2.24) is 5.32 Å². The Hall–Kier alpha value is -0.610. The first-order chi connectivity index (χ1) is 9.20. The van der Waals surface area contributed by atoms with Crippen molar-refractivity contribution in [2.24, 2.45) is 0 Å². The van der Waals surface area contributed by atoms with E-state index in [-0.39, 0.29) is 6.04 Å².